The third-order valence-corrected chi connectivity index (χ3v) is 6.23. The first-order valence-corrected chi connectivity index (χ1v) is 12.9. The van der Waals surface area contributed by atoms with E-state index < -0.39 is 0 Å². The minimum Gasteiger partial charge on any atom is -0.387 e. The number of carbonyl (C=O) groups excluding carboxylic acids is 2. The molecule has 0 aliphatic carbocycles. The number of nitrogens with one attached hydrogen (secondary N) is 1. The fourth-order valence-corrected chi connectivity index (χ4v) is 4.26. The fraction of sp³-hybridized carbons (Fsp3) is 0.406. The molecule has 2 aliphatic heterocycles. The second-order valence-electron chi connectivity index (χ2n) is 8.41. The molecule has 0 amide bonds. The minimum absolute atomic E-state index is 0. The van der Waals surface area contributed by atoms with Crippen molar-refractivity contribution in [2.45, 2.75) is 68.2 Å². The van der Waals surface area contributed by atoms with Gasteiger partial charge < -0.3 is 5.32 Å². The van der Waals surface area contributed by atoms with E-state index >= 15 is 0 Å². The molecule has 0 saturated carbocycles. The lowest BCUT2D eigenvalue weighted by molar-refractivity contribution is 0.0908. The van der Waals surface area contributed by atoms with Crippen LogP contribution in [0.3, 0.4) is 0 Å². The number of carbonyl (C=O) groups is 2. The number of nitrogens with zero attached hydrogens (tertiary/aromatic N) is 1. The molecule has 0 spiro atoms. The van der Waals surface area contributed by atoms with Crippen molar-refractivity contribution < 1.29 is 9.59 Å². The summed E-state index contributed by atoms with van der Waals surface area (Å²) < 4.78 is 0. The van der Waals surface area contributed by atoms with Crippen LogP contribution in [0, 0.1) is 11.8 Å². The first-order valence-electron chi connectivity index (χ1n) is 12.9. The molecule has 194 valence electrons. The summed E-state index contributed by atoms with van der Waals surface area (Å²) in [7, 11) is 0. The van der Waals surface area contributed by atoms with Gasteiger partial charge in [0.25, 0.3) is 0 Å². The molecule has 0 saturated heterocycles. The molecular weight excluding hydrogens is 444 g/mol. The molecule has 2 atom stereocenters. The lowest BCUT2D eigenvalue weighted by Gasteiger charge is -2.18. The number of dihydropyridines is 1. The highest BCUT2D eigenvalue weighted by atomic mass is 16.1. The van der Waals surface area contributed by atoms with E-state index in [1.807, 2.05) is 53.1 Å². The van der Waals surface area contributed by atoms with E-state index in [-0.39, 0.29) is 30.8 Å². The van der Waals surface area contributed by atoms with Gasteiger partial charge in [0.1, 0.15) is 0 Å². The Bertz CT molecular complexity index is 1100. The Kier molecular flexibility index (Phi) is 13.4. The molecule has 1 N–H and O–H groups in total. The van der Waals surface area contributed by atoms with Crippen LogP contribution in [0.4, 0.5) is 5.69 Å². The third-order valence-electron chi connectivity index (χ3n) is 6.23. The summed E-state index contributed by atoms with van der Waals surface area (Å²) in [5, 5.41) is 3.26. The summed E-state index contributed by atoms with van der Waals surface area (Å²) in [4.78, 5) is 29.4. The topological polar surface area (TPSA) is 58.5 Å². The Morgan fingerprint density at radius 2 is 1.83 bits per heavy atom. The van der Waals surface area contributed by atoms with Crippen LogP contribution in [0.15, 0.2) is 65.8 Å². The molecule has 4 heteroatoms. The van der Waals surface area contributed by atoms with Crippen molar-refractivity contribution in [1.29, 1.82) is 0 Å². The summed E-state index contributed by atoms with van der Waals surface area (Å²) in [6.45, 7) is 12.3. The monoisotopic (exact) mass is 488 g/mol. The van der Waals surface area contributed by atoms with Crippen molar-refractivity contribution in [2.24, 2.45) is 16.8 Å². The number of allylic oxidation sites excluding steroid dienone is 2. The molecule has 36 heavy (non-hydrogen) atoms. The van der Waals surface area contributed by atoms with Crippen molar-refractivity contribution in [3.63, 3.8) is 0 Å². The number of benzene rings is 2. The lowest BCUT2D eigenvalue weighted by Crippen LogP contribution is -2.21. The van der Waals surface area contributed by atoms with Gasteiger partial charge in [-0.1, -0.05) is 72.4 Å². The molecule has 0 fully saturated rings. The first kappa shape index (κ1) is 30.8. The number of hydrogen-bond acceptors (Lipinski definition) is 4. The molecule has 0 bridgehead atoms. The minimum atomic E-state index is -0.149. The summed E-state index contributed by atoms with van der Waals surface area (Å²) in [5.41, 5.74) is 5.65. The van der Waals surface area contributed by atoms with E-state index in [1.54, 1.807) is 18.2 Å². The number of hydrogen-bond donors (Lipinski definition) is 1. The van der Waals surface area contributed by atoms with E-state index in [2.05, 4.69) is 40.7 Å². The van der Waals surface area contributed by atoms with E-state index in [0.717, 1.165) is 25.8 Å². The molecule has 2 aliphatic rings. The van der Waals surface area contributed by atoms with Crippen molar-refractivity contribution in [3.05, 3.63) is 83.1 Å². The Hall–Kier alpha value is -3.27. The molecule has 2 unspecified atom stereocenters. The highest BCUT2D eigenvalue weighted by Gasteiger charge is 2.28. The van der Waals surface area contributed by atoms with Crippen LogP contribution >= 0.6 is 0 Å². The van der Waals surface area contributed by atoms with Gasteiger partial charge in [-0.05, 0) is 73.4 Å². The van der Waals surface area contributed by atoms with E-state index in [9.17, 15) is 9.59 Å². The van der Waals surface area contributed by atoms with Gasteiger partial charge in [-0.3, -0.25) is 14.6 Å². The van der Waals surface area contributed by atoms with E-state index in [0.29, 0.717) is 16.8 Å². The molecular formula is C32H44N2O2. The van der Waals surface area contributed by atoms with Crippen molar-refractivity contribution in [2.75, 3.05) is 6.54 Å². The SMILES string of the molecule is C.CC.CC.CC(=O)c1ccc2c(c1)C(=O)C(C)C(CCCc1cccc(C3=CC=CNC3)c1)C=N2. The van der Waals surface area contributed by atoms with Crippen LogP contribution < -0.4 is 5.32 Å². The maximum atomic E-state index is 13.1. The van der Waals surface area contributed by atoms with Gasteiger partial charge in [0, 0.05) is 35.7 Å². The molecule has 0 aromatic heterocycles. The van der Waals surface area contributed by atoms with Gasteiger partial charge in [0.05, 0.1) is 5.69 Å². The summed E-state index contributed by atoms with van der Waals surface area (Å²) in [6, 6.07) is 13.9. The number of Topliss-reactive ketones (excluding diaryl/α,β-unsaturated/α-hetero) is 2. The second-order valence-corrected chi connectivity index (χ2v) is 8.41. The fourth-order valence-electron chi connectivity index (χ4n) is 4.26. The van der Waals surface area contributed by atoms with Gasteiger partial charge in [0.15, 0.2) is 11.6 Å². The van der Waals surface area contributed by atoms with E-state index in [4.69, 9.17) is 0 Å². The van der Waals surface area contributed by atoms with Crippen LogP contribution in [-0.4, -0.2) is 24.3 Å². The van der Waals surface area contributed by atoms with E-state index in [1.165, 1.54) is 23.6 Å². The maximum absolute atomic E-state index is 13.1. The highest BCUT2D eigenvalue weighted by Crippen LogP contribution is 2.31. The average Bonchev–Trinajstić information content (AvgIpc) is 3.03. The number of aliphatic imine (C=N–C) groups is 1. The Morgan fingerprint density at radius 3 is 2.50 bits per heavy atom. The maximum Gasteiger partial charge on any atom is 0.168 e. The Morgan fingerprint density at radius 1 is 1.08 bits per heavy atom. The number of aryl methyl sites for hydroxylation is 1. The van der Waals surface area contributed by atoms with Gasteiger partial charge >= 0.3 is 0 Å². The molecule has 2 aromatic carbocycles. The predicted octanol–water partition coefficient (Wildman–Crippen LogP) is 8.25. The third kappa shape index (κ3) is 7.87. The quantitative estimate of drug-likeness (QED) is 0.416. The van der Waals surface area contributed by atoms with Crippen molar-refractivity contribution >= 4 is 29.0 Å². The molecule has 4 nitrogen and oxygen atoms in total. The van der Waals surface area contributed by atoms with Crippen LogP contribution in [-0.2, 0) is 6.42 Å². The van der Waals surface area contributed by atoms with Crippen LogP contribution in [0.1, 0.15) is 93.7 Å². The summed E-state index contributed by atoms with van der Waals surface area (Å²) in [5.74, 6) is -0.0125. The van der Waals surface area contributed by atoms with Gasteiger partial charge in [-0.15, -0.1) is 0 Å². The normalized spacial score (nSPS) is 17.5. The van der Waals surface area contributed by atoms with Crippen molar-refractivity contribution in [3.8, 4) is 0 Å². The smallest absolute Gasteiger partial charge is 0.168 e. The molecule has 2 heterocycles. The van der Waals surface area contributed by atoms with Crippen LogP contribution in [0.2, 0.25) is 0 Å². The predicted molar refractivity (Wildman–Crippen MR) is 156 cm³/mol. The average molecular weight is 489 g/mol. The van der Waals surface area contributed by atoms with Crippen LogP contribution in [0.25, 0.3) is 5.57 Å². The summed E-state index contributed by atoms with van der Waals surface area (Å²) in [6.07, 6.45) is 10.9. The highest BCUT2D eigenvalue weighted by molar-refractivity contribution is 6.07. The lowest BCUT2D eigenvalue weighted by atomic mass is 9.84. The van der Waals surface area contributed by atoms with Gasteiger partial charge in [0.2, 0.25) is 0 Å². The standard InChI is InChI=1S/C27H28N2O2.2C2H6.CH4/c1-18-23(17-29-26-12-11-21(19(2)30)15-25(26)27(18)31)9-4-7-20-6-3-8-22(14-20)24-10-5-13-28-16-24;2*1-2;/h3,5-6,8,10-15,17-18,23,28H,4,7,9,16H2,1-2H3;2*1-2H3;1H4. The second kappa shape index (κ2) is 15.7. The zero-order chi connectivity index (χ0) is 25.8. The zero-order valence-corrected chi connectivity index (χ0v) is 22.1. The van der Waals surface area contributed by atoms with Crippen LogP contribution in [0.5, 0.6) is 0 Å². The summed E-state index contributed by atoms with van der Waals surface area (Å²) >= 11 is 0. The van der Waals surface area contributed by atoms with Crippen molar-refractivity contribution in [1.82, 2.24) is 5.32 Å². The number of fused-ring (bicyclic) bond motifs is 1. The van der Waals surface area contributed by atoms with Gasteiger partial charge in [-0.25, -0.2) is 0 Å². The largest absolute Gasteiger partial charge is 0.387 e. The molecule has 2 aromatic rings. The van der Waals surface area contributed by atoms with Gasteiger partial charge in [-0.2, -0.15) is 0 Å². The number of ketones is 2. The Labute approximate surface area is 218 Å². The molecule has 0 radical (unpaired) electrons. The zero-order valence-electron chi connectivity index (χ0n) is 22.1. The molecule has 4 rings (SSSR count). The number of rotatable bonds is 6. The Balaban J connectivity index is 0.00000123. The first-order chi connectivity index (χ1) is 17.0.